The van der Waals surface area contributed by atoms with Crippen LogP contribution >= 0.6 is 23.2 Å². The van der Waals surface area contributed by atoms with Gasteiger partial charge in [0.1, 0.15) is 5.56 Å². The number of benzene rings is 2. The third-order valence-electron chi connectivity index (χ3n) is 6.18. The van der Waals surface area contributed by atoms with Gasteiger partial charge in [-0.25, -0.2) is 4.98 Å². The molecule has 1 unspecified atom stereocenters. The molecule has 2 aliphatic rings. The minimum Gasteiger partial charge on any atom is -0.455 e. The largest absolute Gasteiger partial charge is 0.455 e. The summed E-state index contributed by atoms with van der Waals surface area (Å²) in [6.07, 6.45) is 4.82. The van der Waals surface area contributed by atoms with Crippen LogP contribution in [0.3, 0.4) is 0 Å². The van der Waals surface area contributed by atoms with Crippen LogP contribution in [0.5, 0.6) is 5.88 Å². The number of nitrogens with one attached hydrogen (secondary N) is 1. The Balaban J connectivity index is 1.32. The molecule has 9 heteroatoms. The number of para-hydroxylation sites is 1. The van der Waals surface area contributed by atoms with E-state index in [0.717, 1.165) is 25.1 Å². The lowest BCUT2D eigenvalue weighted by atomic mass is 9.83. The van der Waals surface area contributed by atoms with Crippen molar-refractivity contribution < 1.29 is 9.53 Å². The number of carbonyl (C=O) groups excluding carboxylic acids is 1. The Hall–Kier alpha value is -2.87. The number of anilines is 3. The standard InChI is InChI=1S/C25H25Cl2N5O2/c1-31(2)13-15-6-7-17-11-18(9-8-16(17)10-15)29-25-28-12-19-23(30-25)34-14-32(24(19)33)22-20(26)4-3-5-21(22)27/h3-5,8-9,11-12,15H,6-7,10,13-14H2,1-2H3,(H,28,29,30). The molecule has 5 rings (SSSR count). The molecular weight excluding hydrogens is 473 g/mol. The fourth-order valence-electron chi connectivity index (χ4n) is 4.64. The summed E-state index contributed by atoms with van der Waals surface area (Å²) in [4.78, 5) is 25.5. The smallest absolute Gasteiger partial charge is 0.268 e. The molecule has 3 aromatic rings. The summed E-state index contributed by atoms with van der Waals surface area (Å²) in [6.45, 7) is 1.07. The van der Waals surface area contributed by atoms with E-state index in [1.165, 1.54) is 28.6 Å². The molecule has 0 radical (unpaired) electrons. The highest BCUT2D eigenvalue weighted by Crippen LogP contribution is 2.37. The average Bonchev–Trinajstić information content (AvgIpc) is 2.80. The minimum atomic E-state index is -0.316. The molecule has 1 amide bonds. The van der Waals surface area contributed by atoms with Gasteiger partial charge < -0.3 is 15.0 Å². The molecule has 7 nitrogen and oxygen atoms in total. The summed E-state index contributed by atoms with van der Waals surface area (Å²) < 4.78 is 5.78. The van der Waals surface area contributed by atoms with Gasteiger partial charge in [0.05, 0.1) is 15.7 Å². The summed E-state index contributed by atoms with van der Waals surface area (Å²) in [5.41, 5.74) is 4.34. The summed E-state index contributed by atoms with van der Waals surface area (Å²) in [5.74, 6) is 0.979. The van der Waals surface area contributed by atoms with Crippen molar-refractivity contribution in [2.24, 2.45) is 5.92 Å². The first kappa shape index (κ1) is 22.9. The van der Waals surface area contributed by atoms with Crippen LogP contribution in [0.4, 0.5) is 17.3 Å². The lowest BCUT2D eigenvalue weighted by molar-refractivity contribution is 0.0932. The number of aryl methyl sites for hydroxylation is 1. The molecular formula is C25H25Cl2N5O2. The van der Waals surface area contributed by atoms with Crippen molar-refractivity contribution in [3.8, 4) is 5.88 Å². The molecule has 0 saturated carbocycles. The number of hydrogen-bond donors (Lipinski definition) is 1. The lowest BCUT2D eigenvalue weighted by Crippen LogP contribution is -2.39. The third kappa shape index (κ3) is 4.56. The second-order valence-corrected chi connectivity index (χ2v) is 9.78. The van der Waals surface area contributed by atoms with Gasteiger partial charge in [-0.3, -0.25) is 9.69 Å². The predicted octanol–water partition coefficient (Wildman–Crippen LogP) is 5.19. The van der Waals surface area contributed by atoms with Gasteiger partial charge in [0, 0.05) is 18.4 Å². The van der Waals surface area contributed by atoms with E-state index in [9.17, 15) is 4.79 Å². The molecule has 1 atom stereocenters. The number of ether oxygens (including phenoxy) is 1. The first-order chi connectivity index (χ1) is 16.4. The van der Waals surface area contributed by atoms with Gasteiger partial charge in [-0.15, -0.1) is 0 Å². The molecule has 0 fully saturated rings. The molecule has 1 aromatic heterocycles. The van der Waals surface area contributed by atoms with Crippen molar-refractivity contribution in [1.29, 1.82) is 0 Å². The fourth-order valence-corrected chi connectivity index (χ4v) is 5.24. The summed E-state index contributed by atoms with van der Waals surface area (Å²) >= 11 is 12.5. The Morgan fingerprint density at radius 1 is 1.18 bits per heavy atom. The number of amides is 1. The van der Waals surface area contributed by atoms with E-state index in [4.69, 9.17) is 27.9 Å². The number of carbonyl (C=O) groups is 1. The maximum atomic E-state index is 13.1. The quantitative estimate of drug-likeness (QED) is 0.522. The highest BCUT2D eigenvalue weighted by molar-refractivity contribution is 6.40. The Morgan fingerprint density at radius 2 is 1.97 bits per heavy atom. The van der Waals surface area contributed by atoms with E-state index in [1.54, 1.807) is 18.2 Å². The molecule has 2 aromatic carbocycles. The van der Waals surface area contributed by atoms with Gasteiger partial charge in [-0.1, -0.05) is 35.3 Å². The second-order valence-electron chi connectivity index (χ2n) is 8.97. The van der Waals surface area contributed by atoms with Crippen LogP contribution in [0.15, 0.2) is 42.6 Å². The normalized spacial score (nSPS) is 17.3. The van der Waals surface area contributed by atoms with Gasteiger partial charge in [-0.2, -0.15) is 4.98 Å². The molecule has 1 aliphatic heterocycles. The minimum absolute atomic E-state index is 0.0430. The van der Waals surface area contributed by atoms with E-state index < -0.39 is 0 Å². The fraction of sp³-hybridized carbons (Fsp3) is 0.320. The molecule has 0 saturated heterocycles. The van der Waals surface area contributed by atoms with E-state index in [0.29, 0.717) is 27.6 Å². The van der Waals surface area contributed by atoms with Crippen LogP contribution in [0.1, 0.15) is 27.9 Å². The monoisotopic (exact) mass is 497 g/mol. The highest BCUT2D eigenvalue weighted by Gasteiger charge is 2.31. The molecule has 176 valence electrons. The van der Waals surface area contributed by atoms with Gasteiger partial charge in [-0.05, 0) is 74.7 Å². The Bertz CT molecular complexity index is 1230. The van der Waals surface area contributed by atoms with E-state index in [-0.39, 0.29) is 24.1 Å². The second kappa shape index (κ2) is 9.41. The number of hydrogen-bond acceptors (Lipinski definition) is 6. The Labute approximate surface area is 208 Å². The number of aromatic nitrogens is 2. The first-order valence-corrected chi connectivity index (χ1v) is 11.9. The summed E-state index contributed by atoms with van der Waals surface area (Å²) in [5, 5.41) is 3.98. The van der Waals surface area contributed by atoms with Crippen LogP contribution in [-0.2, 0) is 12.8 Å². The van der Waals surface area contributed by atoms with Crippen LogP contribution in [-0.4, -0.2) is 48.1 Å². The maximum Gasteiger partial charge on any atom is 0.268 e. The summed E-state index contributed by atoms with van der Waals surface area (Å²) in [7, 11) is 4.25. The lowest BCUT2D eigenvalue weighted by Gasteiger charge is -2.29. The number of halogens is 2. The topological polar surface area (TPSA) is 70.6 Å². The van der Waals surface area contributed by atoms with E-state index in [1.807, 2.05) is 6.07 Å². The van der Waals surface area contributed by atoms with Gasteiger partial charge in [0.25, 0.3) is 5.91 Å². The Kier molecular flexibility index (Phi) is 6.34. The zero-order chi connectivity index (χ0) is 23.8. The van der Waals surface area contributed by atoms with Crippen molar-refractivity contribution in [2.45, 2.75) is 19.3 Å². The van der Waals surface area contributed by atoms with E-state index in [2.05, 4.69) is 46.4 Å². The van der Waals surface area contributed by atoms with Gasteiger partial charge in [0.15, 0.2) is 6.73 Å². The number of nitrogens with zero attached hydrogens (tertiary/aromatic N) is 4. The molecule has 0 spiro atoms. The molecule has 2 heterocycles. The van der Waals surface area contributed by atoms with Crippen LogP contribution < -0.4 is 15.0 Å². The van der Waals surface area contributed by atoms with Gasteiger partial charge in [0.2, 0.25) is 11.8 Å². The molecule has 34 heavy (non-hydrogen) atoms. The van der Waals surface area contributed by atoms with Crippen molar-refractivity contribution in [1.82, 2.24) is 14.9 Å². The zero-order valence-electron chi connectivity index (χ0n) is 19.0. The van der Waals surface area contributed by atoms with Crippen molar-refractivity contribution in [3.05, 3.63) is 69.3 Å². The van der Waals surface area contributed by atoms with Crippen molar-refractivity contribution >= 4 is 46.4 Å². The van der Waals surface area contributed by atoms with Crippen LogP contribution in [0, 0.1) is 5.92 Å². The SMILES string of the molecule is CN(C)CC1CCc2cc(Nc3ncc4c(n3)OCN(c3c(Cl)cccc3Cl)C4=O)ccc2C1. The Morgan fingerprint density at radius 3 is 2.74 bits per heavy atom. The average molecular weight is 498 g/mol. The number of rotatable bonds is 5. The van der Waals surface area contributed by atoms with Crippen molar-refractivity contribution in [2.75, 3.05) is 37.6 Å². The van der Waals surface area contributed by atoms with Crippen LogP contribution in [0.2, 0.25) is 10.0 Å². The molecule has 1 aliphatic carbocycles. The predicted molar refractivity (Wildman–Crippen MR) is 135 cm³/mol. The van der Waals surface area contributed by atoms with Crippen molar-refractivity contribution in [3.63, 3.8) is 0 Å². The maximum absolute atomic E-state index is 13.1. The third-order valence-corrected chi connectivity index (χ3v) is 6.79. The van der Waals surface area contributed by atoms with E-state index >= 15 is 0 Å². The highest BCUT2D eigenvalue weighted by atomic mass is 35.5. The summed E-state index contributed by atoms with van der Waals surface area (Å²) in [6, 6.07) is 11.5. The molecule has 0 bridgehead atoms. The number of fused-ring (bicyclic) bond motifs is 2. The molecule has 1 N–H and O–H groups in total. The van der Waals surface area contributed by atoms with Gasteiger partial charge >= 0.3 is 0 Å². The van der Waals surface area contributed by atoms with Crippen LogP contribution in [0.25, 0.3) is 0 Å². The zero-order valence-corrected chi connectivity index (χ0v) is 20.5. The first-order valence-electron chi connectivity index (χ1n) is 11.2.